The first kappa shape index (κ1) is 10.3. The molecule has 0 spiro atoms. The van der Waals surface area contributed by atoms with E-state index in [0.29, 0.717) is 11.0 Å². The lowest BCUT2D eigenvalue weighted by atomic mass is 10.5. The normalized spacial score (nSPS) is 11.2. The molecule has 78 valence electrons. The van der Waals surface area contributed by atoms with Crippen LogP contribution in [-0.2, 0) is 0 Å². The fraction of sp³-hybridized carbons (Fsp3) is 0.111. The van der Waals surface area contributed by atoms with Crippen molar-refractivity contribution in [1.29, 1.82) is 0 Å². The van der Waals surface area contributed by atoms with Crippen molar-refractivity contribution in [1.82, 2.24) is 9.97 Å². The molecule has 15 heavy (non-hydrogen) atoms. The molecule has 0 atom stereocenters. The van der Waals surface area contributed by atoms with Gasteiger partial charge in [0.15, 0.2) is 5.13 Å². The highest BCUT2D eigenvalue weighted by Crippen LogP contribution is 2.26. The molecule has 2 aromatic heterocycles. The smallest absolute Gasteiger partial charge is 0.218 e. The zero-order valence-electron chi connectivity index (χ0n) is 7.79. The summed E-state index contributed by atoms with van der Waals surface area (Å²) in [5.74, 6) is 1.48. The number of thiazole rings is 1. The molecule has 0 radical (unpaired) electrons. The van der Waals surface area contributed by atoms with Crippen molar-refractivity contribution in [3.05, 3.63) is 30.6 Å². The quantitative estimate of drug-likeness (QED) is 0.830. The molecule has 0 unspecified atom stereocenters. The summed E-state index contributed by atoms with van der Waals surface area (Å²) in [6.45, 7) is 0. The van der Waals surface area contributed by atoms with Gasteiger partial charge in [0.2, 0.25) is 5.89 Å². The Morgan fingerprint density at radius 2 is 2.47 bits per heavy atom. The Bertz CT molecular complexity index is 436. The molecule has 0 amide bonds. The minimum Gasteiger partial charge on any atom is -0.445 e. The maximum atomic E-state index is 5.51. The molecule has 2 N–H and O–H groups in total. The lowest BCUT2D eigenvalue weighted by Crippen LogP contribution is -1.77. The number of nitrogens with zero attached hydrogens (tertiary/aromatic N) is 2. The van der Waals surface area contributed by atoms with Crippen molar-refractivity contribution in [3.63, 3.8) is 0 Å². The highest BCUT2D eigenvalue weighted by Gasteiger charge is 1.97. The van der Waals surface area contributed by atoms with Gasteiger partial charge in [0.1, 0.15) is 6.26 Å². The van der Waals surface area contributed by atoms with Gasteiger partial charge in [-0.1, -0.05) is 17.4 Å². The third kappa shape index (κ3) is 3.10. The third-order valence-corrected chi connectivity index (χ3v) is 3.51. The van der Waals surface area contributed by atoms with Gasteiger partial charge in [-0.25, -0.2) is 9.97 Å². The lowest BCUT2D eigenvalue weighted by Gasteiger charge is -1.89. The summed E-state index contributed by atoms with van der Waals surface area (Å²) < 4.78 is 6.17. The summed E-state index contributed by atoms with van der Waals surface area (Å²) in [6.07, 6.45) is 8.79. The number of hydrogen-bond acceptors (Lipinski definition) is 6. The fourth-order valence-electron chi connectivity index (χ4n) is 0.935. The minimum absolute atomic E-state index is 0.606. The first-order valence-corrected chi connectivity index (χ1v) is 6.05. The monoisotopic (exact) mass is 239 g/mol. The zero-order valence-corrected chi connectivity index (χ0v) is 9.42. The fourth-order valence-corrected chi connectivity index (χ4v) is 2.53. The Kier molecular flexibility index (Phi) is 3.41. The third-order valence-electron chi connectivity index (χ3n) is 1.54. The first-order valence-electron chi connectivity index (χ1n) is 4.25. The van der Waals surface area contributed by atoms with E-state index >= 15 is 0 Å². The number of nitrogen functional groups attached to an aromatic ring is 1. The maximum absolute atomic E-state index is 5.51. The molecule has 0 saturated heterocycles. The van der Waals surface area contributed by atoms with E-state index in [1.807, 2.05) is 12.2 Å². The van der Waals surface area contributed by atoms with E-state index in [2.05, 4.69) is 9.97 Å². The van der Waals surface area contributed by atoms with Crippen LogP contribution >= 0.6 is 23.1 Å². The molecule has 4 nitrogen and oxygen atoms in total. The van der Waals surface area contributed by atoms with Crippen LogP contribution in [0.25, 0.3) is 6.08 Å². The standard InChI is InChI=1S/C9H9N3OS2/c10-9-12-6-8(15-9)14-5-1-2-7-11-3-4-13-7/h1-4,6H,5H2,(H2,10,12). The Morgan fingerprint density at radius 3 is 3.13 bits per heavy atom. The summed E-state index contributed by atoms with van der Waals surface area (Å²) in [5.41, 5.74) is 5.51. The molecule has 0 aliphatic heterocycles. The zero-order chi connectivity index (χ0) is 10.5. The van der Waals surface area contributed by atoms with Crippen molar-refractivity contribution in [2.24, 2.45) is 0 Å². The highest BCUT2D eigenvalue weighted by molar-refractivity contribution is 8.01. The van der Waals surface area contributed by atoms with Crippen LogP contribution < -0.4 is 5.73 Å². The van der Waals surface area contributed by atoms with Gasteiger partial charge in [-0.05, 0) is 6.08 Å². The Hall–Kier alpha value is -1.27. The highest BCUT2D eigenvalue weighted by atomic mass is 32.2. The minimum atomic E-state index is 0.606. The van der Waals surface area contributed by atoms with Gasteiger partial charge in [0, 0.05) is 5.75 Å². The maximum Gasteiger partial charge on any atom is 0.218 e. The van der Waals surface area contributed by atoms with Gasteiger partial charge in [0.25, 0.3) is 0 Å². The summed E-state index contributed by atoms with van der Waals surface area (Å²) in [6, 6.07) is 0. The van der Waals surface area contributed by atoms with Crippen LogP contribution in [0.1, 0.15) is 5.89 Å². The second kappa shape index (κ2) is 4.99. The number of anilines is 1. The molecule has 0 fully saturated rings. The van der Waals surface area contributed by atoms with Crippen molar-refractivity contribution >= 4 is 34.3 Å². The molecular weight excluding hydrogens is 230 g/mol. The number of rotatable bonds is 4. The second-order valence-electron chi connectivity index (χ2n) is 2.60. The van der Waals surface area contributed by atoms with Gasteiger partial charge < -0.3 is 10.2 Å². The largest absolute Gasteiger partial charge is 0.445 e. The number of aromatic nitrogens is 2. The van der Waals surface area contributed by atoms with Crippen LogP contribution in [0, 0.1) is 0 Å². The summed E-state index contributed by atoms with van der Waals surface area (Å²) in [5, 5.41) is 0.606. The van der Waals surface area contributed by atoms with Crippen LogP contribution in [0.5, 0.6) is 0 Å². The van der Waals surface area contributed by atoms with Gasteiger partial charge in [-0.3, -0.25) is 0 Å². The molecule has 2 aromatic rings. The summed E-state index contributed by atoms with van der Waals surface area (Å²) >= 11 is 3.18. The molecule has 6 heteroatoms. The van der Waals surface area contributed by atoms with E-state index in [4.69, 9.17) is 10.2 Å². The van der Waals surface area contributed by atoms with Crippen LogP contribution in [-0.4, -0.2) is 15.7 Å². The predicted octanol–water partition coefficient (Wildman–Crippen LogP) is 2.52. The van der Waals surface area contributed by atoms with Crippen molar-refractivity contribution in [2.45, 2.75) is 4.21 Å². The van der Waals surface area contributed by atoms with Crippen molar-refractivity contribution < 1.29 is 4.42 Å². The van der Waals surface area contributed by atoms with Gasteiger partial charge >= 0.3 is 0 Å². The molecule has 2 rings (SSSR count). The molecule has 0 aliphatic carbocycles. The summed E-state index contributed by atoms with van der Waals surface area (Å²) in [7, 11) is 0. The van der Waals surface area contributed by atoms with Gasteiger partial charge in [-0.2, -0.15) is 0 Å². The molecular formula is C9H9N3OS2. The van der Waals surface area contributed by atoms with Gasteiger partial charge in [0.05, 0.1) is 16.6 Å². The number of thioether (sulfide) groups is 1. The van der Waals surface area contributed by atoms with Crippen LogP contribution in [0.4, 0.5) is 5.13 Å². The Labute approximate surface area is 95.2 Å². The van der Waals surface area contributed by atoms with Crippen LogP contribution in [0.2, 0.25) is 0 Å². The molecule has 0 aromatic carbocycles. The topological polar surface area (TPSA) is 64.9 Å². The Balaban J connectivity index is 1.80. The average molecular weight is 239 g/mol. The summed E-state index contributed by atoms with van der Waals surface area (Å²) in [4.78, 5) is 7.94. The van der Waals surface area contributed by atoms with Crippen molar-refractivity contribution in [2.75, 3.05) is 11.5 Å². The first-order chi connectivity index (χ1) is 7.34. The van der Waals surface area contributed by atoms with E-state index in [-0.39, 0.29) is 0 Å². The molecule has 0 aliphatic rings. The van der Waals surface area contributed by atoms with E-state index in [1.165, 1.54) is 11.3 Å². The average Bonchev–Trinajstić information content (AvgIpc) is 2.84. The van der Waals surface area contributed by atoms with Crippen molar-refractivity contribution in [3.8, 4) is 0 Å². The van der Waals surface area contributed by atoms with E-state index < -0.39 is 0 Å². The van der Waals surface area contributed by atoms with Crippen LogP contribution in [0.15, 0.2) is 33.4 Å². The van der Waals surface area contributed by atoms with E-state index in [9.17, 15) is 0 Å². The predicted molar refractivity (Wildman–Crippen MR) is 62.8 cm³/mol. The van der Waals surface area contributed by atoms with Gasteiger partial charge in [-0.15, -0.1) is 11.8 Å². The van der Waals surface area contributed by atoms with E-state index in [1.54, 1.807) is 30.4 Å². The number of oxazole rings is 1. The lowest BCUT2D eigenvalue weighted by molar-refractivity contribution is 0.546. The number of nitrogens with two attached hydrogens (primary N) is 1. The molecule has 0 bridgehead atoms. The molecule has 2 heterocycles. The Morgan fingerprint density at radius 1 is 1.53 bits per heavy atom. The van der Waals surface area contributed by atoms with Crippen LogP contribution in [0.3, 0.4) is 0 Å². The number of hydrogen-bond donors (Lipinski definition) is 1. The second-order valence-corrected chi connectivity index (χ2v) is 4.98. The molecule has 0 saturated carbocycles. The SMILES string of the molecule is Nc1ncc(SCC=Cc2ncco2)s1. The van der Waals surface area contributed by atoms with E-state index in [0.717, 1.165) is 9.96 Å².